The summed E-state index contributed by atoms with van der Waals surface area (Å²) in [4.78, 5) is 8.06. The number of aromatic nitrogens is 2. The molecular weight excluding hydrogens is 314 g/mol. The summed E-state index contributed by atoms with van der Waals surface area (Å²) in [6.07, 6.45) is 2.81. The molecule has 0 fully saturated rings. The molecular formula is C16H13N3O3S. The van der Waals surface area contributed by atoms with Crippen molar-refractivity contribution in [3.8, 4) is 11.5 Å². The van der Waals surface area contributed by atoms with Crippen molar-refractivity contribution in [2.75, 3.05) is 4.72 Å². The summed E-state index contributed by atoms with van der Waals surface area (Å²) in [5.74, 6) is 1.04. The maximum atomic E-state index is 12.2. The lowest BCUT2D eigenvalue weighted by Crippen LogP contribution is -2.14. The third kappa shape index (κ3) is 3.83. The number of hydrogen-bond donors (Lipinski definition) is 1. The Kier molecular flexibility index (Phi) is 4.20. The minimum Gasteiger partial charge on any atom is -0.454 e. The van der Waals surface area contributed by atoms with E-state index in [1.54, 1.807) is 30.3 Å². The van der Waals surface area contributed by atoms with Crippen LogP contribution in [0.1, 0.15) is 0 Å². The Hall–Kier alpha value is -2.93. The largest absolute Gasteiger partial charge is 0.454 e. The summed E-state index contributed by atoms with van der Waals surface area (Å²) >= 11 is 0. The van der Waals surface area contributed by atoms with Gasteiger partial charge < -0.3 is 4.74 Å². The number of ether oxygens (including phenoxy) is 1. The van der Waals surface area contributed by atoms with Gasteiger partial charge in [-0.2, -0.15) is 0 Å². The lowest BCUT2D eigenvalue weighted by atomic mass is 10.3. The highest BCUT2D eigenvalue weighted by molar-refractivity contribution is 7.92. The molecule has 3 aromatic rings. The molecule has 6 nitrogen and oxygen atoms in total. The molecule has 1 heterocycles. The van der Waals surface area contributed by atoms with Gasteiger partial charge in [0, 0.05) is 0 Å². The molecule has 0 bridgehead atoms. The molecule has 0 aliphatic carbocycles. The van der Waals surface area contributed by atoms with Gasteiger partial charge in [0.05, 0.1) is 17.3 Å². The quantitative estimate of drug-likeness (QED) is 0.779. The molecule has 116 valence electrons. The predicted molar refractivity (Wildman–Crippen MR) is 85.8 cm³/mol. The number of anilines is 1. The average Bonchev–Trinajstić information content (AvgIpc) is 2.58. The molecule has 0 spiro atoms. The van der Waals surface area contributed by atoms with Gasteiger partial charge in [0.2, 0.25) is 5.95 Å². The molecule has 2 aromatic carbocycles. The van der Waals surface area contributed by atoms with Crippen LogP contribution in [0.15, 0.2) is 78.0 Å². The van der Waals surface area contributed by atoms with E-state index in [-0.39, 0.29) is 10.8 Å². The zero-order chi connectivity index (χ0) is 16.1. The topological polar surface area (TPSA) is 81.2 Å². The molecule has 23 heavy (non-hydrogen) atoms. The zero-order valence-corrected chi connectivity index (χ0v) is 12.8. The Balaban J connectivity index is 1.73. The summed E-state index contributed by atoms with van der Waals surface area (Å²) < 4.78 is 32.2. The lowest BCUT2D eigenvalue weighted by Gasteiger charge is -2.07. The van der Waals surface area contributed by atoms with E-state index in [9.17, 15) is 8.42 Å². The van der Waals surface area contributed by atoms with Crippen molar-refractivity contribution in [3.63, 3.8) is 0 Å². The van der Waals surface area contributed by atoms with Crippen LogP contribution in [-0.4, -0.2) is 18.4 Å². The van der Waals surface area contributed by atoms with Gasteiger partial charge in [0.15, 0.2) is 5.75 Å². The summed E-state index contributed by atoms with van der Waals surface area (Å²) in [5, 5.41) is 0. The van der Waals surface area contributed by atoms with Crippen LogP contribution in [0, 0.1) is 0 Å². The first-order valence-corrected chi connectivity index (χ1v) is 8.25. The maximum absolute atomic E-state index is 12.2. The van der Waals surface area contributed by atoms with Crippen molar-refractivity contribution in [1.82, 2.24) is 9.97 Å². The fourth-order valence-corrected chi connectivity index (χ4v) is 2.80. The Morgan fingerprint density at radius 2 is 1.35 bits per heavy atom. The van der Waals surface area contributed by atoms with Crippen LogP contribution in [0.3, 0.4) is 0 Å². The molecule has 0 aliphatic rings. The van der Waals surface area contributed by atoms with Gasteiger partial charge in [-0.1, -0.05) is 36.4 Å². The smallest absolute Gasteiger partial charge is 0.264 e. The highest BCUT2D eigenvalue weighted by Gasteiger charge is 2.14. The van der Waals surface area contributed by atoms with E-state index < -0.39 is 10.0 Å². The molecule has 0 aliphatic heterocycles. The number of benzene rings is 2. The monoisotopic (exact) mass is 327 g/mol. The highest BCUT2D eigenvalue weighted by atomic mass is 32.2. The Morgan fingerprint density at radius 3 is 1.96 bits per heavy atom. The predicted octanol–water partition coefficient (Wildman–Crippen LogP) is 3.07. The van der Waals surface area contributed by atoms with Crippen LogP contribution in [0.5, 0.6) is 11.5 Å². The first-order chi connectivity index (χ1) is 11.1. The van der Waals surface area contributed by atoms with Crippen LogP contribution in [0.2, 0.25) is 0 Å². The van der Waals surface area contributed by atoms with Gasteiger partial charge in [0.25, 0.3) is 10.0 Å². The number of para-hydroxylation sites is 1. The summed E-state index contributed by atoms with van der Waals surface area (Å²) in [7, 11) is -3.70. The van der Waals surface area contributed by atoms with Gasteiger partial charge in [0.1, 0.15) is 5.75 Å². The molecule has 0 unspecified atom stereocenters. The molecule has 0 saturated carbocycles. The van der Waals surface area contributed by atoms with Crippen molar-refractivity contribution < 1.29 is 13.2 Å². The first kappa shape index (κ1) is 15.0. The lowest BCUT2D eigenvalue weighted by molar-refractivity contribution is 0.478. The van der Waals surface area contributed by atoms with Crippen LogP contribution in [-0.2, 0) is 10.0 Å². The Bertz CT molecular complexity index is 867. The summed E-state index contributed by atoms with van der Waals surface area (Å²) in [5.41, 5.74) is 0. The Labute approximate surface area is 133 Å². The molecule has 0 atom stereocenters. The summed E-state index contributed by atoms with van der Waals surface area (Å²) in [6.45, 7) is 0. The van der Waals surface area contributed by atoms with Crippen LogP contribution >= 0.6 is 0 Å². The molecule has 0 saturated heterocycles. The first-order valence-electron chi connectivity index (χ1n) is 6.76. The van der Waals surface area contributed by atoms with E-state index in [4.69, 9.17) is 4.74 Å². The van der Waals surface area contributed by atoms with Crippen molar-refractivity contribution >= 4 is 16.0 Å². The number of nitrogens with one attached hydrogen (secondary N) is 1. The van der Waals surface area contributed by atoms with Crippen LogP contribution < -0.4 is 9.46 Å². The molecule has 1 N–H and O–H groups in total. The minimum atomic E-state index is -3.70. The van der Waals surface area contributed by atoms with Crippen molar-refractivity contribution in [2.24, 2.45) is 0 Å². The van der Waals surface area contributed by atoms with E-state index in [1.165, 1.54) is 24.5 Å². The molecule has 0 amide bonds. The zero-order valence-electron chi connectivity index (χ0n) is 12.0. The second-order valence-corrected chi connectivity index (χ2v) is 6.26. The maximum Gasteiger partial charge on any atom is 0.264 e. The fourth-order valence-electron chi connectivity index (χ4n) is 1.82. The average molecular weight is 327 g/mol. The van der Waals surface area contributed by atoms with Gasteiger partial charge in [-0.25, -0.2) is 23.1 Å². The summed E-state index contributed by atoms with van der Waals surface area (Å²) in [6, 6.07) is 17.2. The van der Waals surface area contributed by atoms with Gasteiger partial charge in [-0.15, -0.1) is 0 Å². The van der Waals surface area contributed by atoms with E-state index >= 15 is 0 Å². The molecule has 7 heteroatoms. The second kappa shape index (κ2) is 6.45. The van der Waals surface area contributed by atoms with Gasteiger partial charge in [-0.3, -0.25) is 0 Å². The molecule has 3 rings (SSSR count). The SMILES string of the molecule is O=S(=O)(Nc1ncc(Oc2ccccc2)cn1)c1ccccc1. The highest BCUT2D eigenvalue weighted by Crippen LogP contribution is 2.20. The van der Waals surface area contributed by atoms with Gasteiger partial charge >= 0.3 is 0 Å². The number of nitrogens with zero attached hydrogens (tertiary/aromatic N) is 2. The molecule has 0 radical (unpaired) electrons. The third-order valence-electron chi connectivity index (χ3n) is 2.89. The minimum absolute atomic E-state index is 0.0192. The van der Waals surface area contributed by atoms with E-state index in [2.05, 4.69) is 14.7 Å². The molecule has 1 aromatic heterocycles. The van der Waals surface area contributed by atoms with E-state index in [1.807, 2.05) is 18.2 Å². The van der Waals surface area contributed by atoms with Crippen LogP contribution in [0.4, 0.5) is 5.95 Å². The van der Waals surface area contributed by atoms with Crippen molar-refractivity contribution in [1.29, 1.82) is 0 Å². The van der Waals surface area contributed by atoms with Gasteiger partial charge in [-0.05, 0) is 24.3 Å². The van der Waals surface area contributed by atoms with Crippen LogP contribution in [0.25, 0.3) is 0 Å². The van der Waals surface area contributed by atoms with E-state index in [0.717, 1.165) is 0 Å². The van der Waals surface area contributed by atoms with Crippen molar-refractivity contribution in [2.45, 2.75) is 4.90 Å². The second-order valence-electron chi connectivity index (χ2n) is 4.58. The number of hydrogen-bond acceptors (Lipinski definition) is 5. The fraction of sp³-hybridized carbons (Fsp3) is 0. The standard InChI is InChI=1S/C16H13N3O3S/c20-23(21,15-9-5-2-6-10-15)19-16-17-11-14(12-18-16)22-13-7-3-1-4-8-13/h1-12H,(H,17,18,19). The third-order valence-corrected chi connectivity index (χ3v) is 4.23. The number of sulfonamides is 1. The normalized spacial score (nSPS) is 11.0. The van der Waals surface area contributed by atoms with Crippen molar-refractivity contribution in [3.05, 3.63) is 73.1 Å². The van der Waals surface area contributed by atoms with E-state index in [0.29, 0.717) is 11.5 Å². The Morgan fingerprint density at radius 1 is 0.783 bits per heavy atom. The number of rotatable bonds is 5.